The first-order chi connectivity index (χ1) is 7.36. The van der Waals surface area contributed by atoms with E-state index in [-0.39, 0.29) is 5.91 Å². The summed E-state index contributed by atoms with van der Waals surface area (Å²) in [6, 6.07) is 7.62. The second-order valence-corrected chi connectivity index (χ2v) is 9.51. The van der Waals surface area contributed by atoms with Crippen LogP contribution in [0.25, 0.3) is 0 Å². The minimum atomic E-state index is -1.68. The Balaban J connectivity index is 3.07. The molecular weight excluding hydrogens is 218 g/mol. The molecule has 1 rings (SSSR count). The van der Waals surface area contributed by atoms with Gasteiger partial charge < -0.3 is 9.30 Å². The Kier molecular flexibility index (Phi) is 3.75. The molecule has 1 aromatic rings. The Morgan fingerprint density at radius 3 is 2.00 bits per heavy atom. The molecule has 0 aliphatic heterocycles. The monoisotopic (exact) mass is 237 g/mol. The first-order valence-corrected chi connectivity index (χ1v) is 8.76. The summed E-state index contributed by atoms with van der Waals surface area (Å²) in [5.41, 5.74) is 0.951. The summed E-state index contributed by atoms with van der Waals surface area (Å²) < 4.78 is 7.01. The van der Waals surface area contributed by atoms with E-state index in [9.17, 15) is 4.79 Å². The highest BCUT2D eigenvalue weighted by atomic mass is 28.3. The van der Waals surface area contributed by atoms with E-state index in [0.29, 0.717) is 0 Å². The molecular formula is C12H19NO2Si. The molecule has 0 aromatic heterocycles. The number of anilines is 1. The Bertz CT molecular complexity index is 368. The van der Waals surface area contributed by atoms with Crippen molar-refractivity contribution in [2.45, 2.75) is 26.6 Å². The molecule has 0 bridgehead atoms. The first-order valence-electron chi connectivity index (χ1n) is 5.31. The van der Waals surface area contributed by atoms with Crippen molar-refractivity contribution in [1.29, 1.82) is 0 Å². The normalized spacial score (nSPS) is 11.1. The van der Waals surface area contributed by atoms with Crippen molar-refractivity contribution in [3.63, 3.8) is 0 Å². The number of carbonyl (C=O) groups is 1. The number of methoxy groups -OCH3 is 1. The Hall–Kier alpha value is -1.29. The van der Waals surface area contributed by atoms with Crippen LogP contribution in [0, 0.1) is 0 Å². The largest absolute Gasteiger partial charge is 0.497 e. The Morgan fingerprint density at radius 1 is 1.19 bits per heavy atom. The second-order valence-electron chi connectivity index (χ2n) is 4.72. The summed E-state index contributed by atoms with van der Waals surface area (Å²) >= 11 is 0. The third kappa shape index (κ3) is 2.85. The number of carbonyl (C=O) groups excluding carboxylic acids is 1. The van der Waals surface area contributed by atoms with E-state index in [0.717, 1.165) is 11.4 Å². The number of amides is 1. The van der Waals surface area contributed by atoms with Gasteiger partial charge in [-0.2, -0.15) is 0 Å². The number of hydrogen-bond acceptors (Lipinski definition) is 2. The molecule has 0 saturated heterocycles. The average molecular weight is 237 g/mol. The number of benzene rings is 1. The molecule has 0 fully saturated rings. The van der Waals surface area contributed by atoms with Crippen molar-refractivity contribution >= 4 is 19.8 Å². The third-order valence-corrected chi connectivity index (χ3v) is 4.23. The SMILES string of the molecule is COc1ccc(N(C(C)=O)[Si](C)(C)C)cc1. The number of hydrogen-bond donors (Lipinski definition) is 0. The van der Waals surface area contributed by atoms with Crippen LogP contribution in [0.2, 0.25) is 19.6 Å². The van der Waals surface area contributed by atoms with Gasteiger partial charge in [-0.25, -0.2) is 0 Å². The van der Waals surface area contributed by atoms with Gasteiger partial charge in [-0.3, -0.25) is 4.79 Å². The summed E-state index contributed by atoms with van der Waals surface area (Å²) in [6.07, 6.45) is 0. The Labute approximate surface area is 98.1 Å². The highest BCUT2D eigenvalue weighted by molar-refractivity contribution is 6.83. The number of nitrogens with zero attached hydrogens (tertiary/aromatic N) is 1. The van der Waals surface area contributed by atoms with Gasteiger partial charge in [-0.1, -0.05) is 19.6 Å². The van der Waals surface area contributed by atoms with Crippen LogP contribution in [0.5, 0.6) is 5.75 Å². The summed E-state index contributed by atoms with van der Waals surface area (Å²) in [4.78, 5) is 11.7. The van der Waals surface area contributed by atoms with E-state index >= 15 is 0 Å². The zero-order valence-electron chi connectivity index (χ0n) is 10.6. The third-order valence-electron chi connectivity index (χ3n) is 2.32. The molecule has 88 valence electrons. The fourth-order valence-corrected chi connectivity index (χ4v) is 3.64. The van der Waals surface area contributed by atoms with Gasteiger partial charge in [-0.15, -0.1) is 0 Å². The first kappa shape index (κ1) is 12.8. The molecule has 4 heteroatoms. The van der Waals surface area contributed by atoms with Crippen LogP contribution in [0.15, 0.2) is 24.3 Å². The predicted molar refractivity (Wildman–Crippen MR) is 69.5 cm³/mol. The van der Waals surface area contributed by atoms with Crippen molar-refractivity contribution in [2.24, 2.45) is 0 Å². The quantitative estimate of drug-likeness (QED) is 0.757. The zero-order chi connectivity index (χ0) is 12.3. The van der Waals surface area contributed by atoms with E-state index in [4.69, 9.17) is 4.74 Å². The highest BCUT2D eigenvalue weighted by Gasteiger charge is 2.27. The van der Waals surface area contributed by atoms with Crippen LogP contribution >= 0.6 is 0 Å². The summed E-state index contributed by atoms with van der Waals surface area (Å²) in [5.74, 6) is 0.909. The molecule has 0 spiro atoms. The van der Waals surface area contributed by atoms with Gasteiger partial charge >= 0.3 is 0 Å². The van der Waals surface area contributed by atoms with Crippen molar-refractivity contribution in [2.75, 3.05) is 11.7 Å². The molecule has 3 nitrogen and oxygen atoms in total. The minimum Gasteiger partial charge on any atom is -0.497 e. The molecule has 0 aliphatic rings. The predicted octanol–water partition coefficient (Wildman–Crippen LogP) is 2.88. The lowest BCUT2D eigenvalue weighted by Gasteiger charge is -2.33. The maximum Gasteiger partial charge on any atom is 0.215 e. The van der Waals surface area contributed by atoms with Crippen LogP contribution in [-0.4, -0.2) is 21.3 Å². The van der Waals surface area contributed by atoms with Crippen molar-refractivity contribution in [3.8, 4) is 5.75 Å². The van der Waals surface area contributed by atoms with Crippen molar-refractivity contribution in [3.05, 3.63) is 24.3 Å². The summed E-state index contributed by atoms with van der Waals surface area (Å²) in [7, 11) is -0.0400. The molecule has 0 radical (unpaired) electrons. The minimum absolute atomic E-state index is 0.101. The van der Waals surface area contributed by atoms with Crippen LogP contribution in [-0.2, 0) is 4.79 Å². The number of ether oxygens (including phenoxy) is 1. The van der Waals surface area contributed by atoms with E-state index in [1.165, 1.54) is 0 Å². The fraction of sp³-hybridized carbons (Fsp3) is 0.417. The lowest BCUT2D eigenvalue weighted by molar-refractivity contribution is -0.115. The molecule has 1 amide bonds. The maximum absolute atomic E-state index is 11.7. The van der Waals surface area contributed by atoms with Crippen LogP contribution in [0.4, 0.5) is 5.69 Å². The van der Waals surface area contributed by atoms with Crippen LogP contribution in [0.1, 0.15) is 6.92 Å². The topological polar surface area (TPSA) is 29.5 Å². The summed E-state index contributed by atoms with van der Waals surface area (Å²) in [5, 5.41) is 0. The zero-order valence-corrected chi connectivity index (χ0v) is 11.6. The van der Waals surface area contributed by atoms with E-state index in [1.54, 1.807) is 14.0 Å². The van der Waals surface area contributed by atoms with E-state index < -0.39 is 8.24 Å². The van der Waals surface area contributed by atoms with Crippen molar-refractivity contribution in [1.82, 2.24) is 0 Å². The van der Waals surface area contributed by atoms with Crippen LogP contribution < -0.4 is 9.30 Å². The van der Waals surface area contributed by atoms with Gasteiger partial charge in [0.25, 0.3) is 0 Å². The molecule has 0 atom stereocenters. The molecule has 1 aromatic carbocycles. The molecule has 0 N–H and O–H groups in total. The van der Waals surface area contributed by atoms with Gasteiger partial charge in [0.15, 0.2) is 8.24 Å². The molecule has 0 unspecified atom stereocenters. The number of rotatable bonds is 3. The molecule has 0 aliphatic carbocycles. The molecule has 16 heavy (non-hydrogen) atoms. The van der Waals surface area contributed by atoms with Crippen LogP contribution in [0.3, 0.4) is 0 Å². The van der Waals surface area contributed by atoms with Gasteiger partial charge in [0.05, 0.1) is 7.11 Å². The van der Waals surface area contributed by atoms with Gasteiger partial charge in [-0.05, 0) is 24.3 Å². The summed E-state index contributed by atoms with van der Waals surface area (Å²) in [6.45, 7) is 8.07. The lowest BCUT2D eigenvalue weighted by atomic mass is 10.3. The smallest absolute Gasteiger partial charge is 0.215 e. The van der Waals surface area contributed by atoms with Gasteiger partial charge in [0.1, 0.15) is 5.75 Å². The van der Waals surface area contributed by atoms with Gasteiger partial charge in [0.2, 0.25) is 5.91 Å². The van der Waals surface area contributed by atoms with E-state index in [2.05, 4.69) is 19.6 Å². The van der Waals surface area contributed by atoms with E-state index in [1.807, 2.05) is 28.8 Å². The maximum atomic E-state index is 11.7. The standard InChI is InChI=1S/C12H19NO2Si/c1-10(14)13(16(3,4)5)11-6-8-12(15-2)9-7-11/h6-9H,1-5H3. The lowest BCUT2D eigenvalue weighted by Crippen LogP contribution is -2.49. The average Bonchev–Trinajstić information content (AvgIpc) is 2.16. The fourth-order valence-electron chi connectivity index (χ4n) is 1.77. The second kappa shape index (κ2) is 4.70. The van der Waals surface area contributed by atoms with Crippen molar-refractivity contribution < 1.29 is 9.53 Å². The molecule has 0 heterocycles. The highest BCUT2D eigenvalue weighted by Crippen LogP contribution is 2.24. The van der Waals surface area contributed by atoms with Gasteiger partial charge in [0, 0.05) is 12.6 Å². The Morgan fingerprint density at radius 2 is 1.69 bits per heavy atom. The molecule has 0 saturated carbocycles.